The number of ether oxygens (including phenoxy) is 2. The number of carbonyl (C=O) groups is 1. The topological polar surface area (TPSA) is 65.8 Å². The largest absolute Gasteiger partial charge is 0.493 e. The van der Waals surface area contributed by atoms with Gasteiger partial charge >= 0.3 is 0 Å². The van der Waals surface area contributed by atoms with Gasteiger partial charge in [-0.05, 0) is 42.0 Å². The molecule has 0 N–H and O–H groups in total. The Hall–Kier alpha value is -2.63. The van der Waals surface area contributed by atoms with Gasteiger partial charge in [-0.25, -0.2) is 0 Å². The highest BCUT2D eigenvalue weighted by Crippen LogP contribution is 2.44. The van der Waals surface area contributed by atoms with E-state index < -0.39 is 0 Å². The Labute approximate surface area is 188 Å². The Bertz CT molecular complexity index is 1050. The van der Waals surface area contributed by atoms with E-state index in [0.717, 1.165) is 20.8 Å². The van der Waals surface area contributed by atoms with Crippen LogP contribution in [0.5, 0.6) is 11.5 Å². The van der Waals surface area contributed by atoms with Gasteiger partial charge in [-0.1, -0.05) is 33.8 Å². The second-order valence-electron chi connectivity index (χ2n) is 6.95. The number of fused-ring (bicyclic) bond motifs is 1. The van der Waals surface area contributed by atoms with Crippen molar-refractivity contribution in [2.75, 3.05) is 31.7 Å². The summed E-state index contributed by atoms with van der Waals surface area (Å²) in [5.74, 6) is 1.60. The molecule has 4 rings (SSSR count). The summed E-state index contributed by atoms with van der Waals surface area (Å²) in [5.41, 5.74) is 2.54. The number of amides is 1. The summed E-state index contributed by atoms with van der Waals surface area (Å²) in [7, 11) is 3.16. The Morgan fingerprint density at radius 2 is 1.87 bits per heavy atom. The molecule has 1 amide bonds. The maximum Gasteiger partial charge on any atom is 0.229 e. The molecule has 8 heteroatoms. The summed E-state index contributed by atoms with van der Waals surface area (Å²) < 4.78 is 11.7. The maximum absolute atomic E-state index is 13.1. The monoisotopic (exact) mass is 485 g/mol. The van der Waals surface area contributed by atoms with Crippen LogP contribution in [0, 0.1) is 11.3 Å². The molecule has 2 aromatic rings. The van der Waals surface area contributed by atoms with Crippen LogP contribution in [0.1, 0.15) is 17.9 Å². The van der Waals surface area contributed by atoms with Gasteiger partial charge in [-0.2, -0.15) is 5.26 Å². The van der Waals surface area contributed by atoms with E-state index in [1.807, 2.05) is 42.5 Å². The third-order valence-corrected chi connectivity index (χ3v) is 6.98. The molecule has 0 spiro atoms. The molecule has 1 atom stereocenters. The van der Waals surface area contributed by atoms with Gasteiger partial charge in [0.05, 0.1) is 43.4 Å². The van der Waals surface area contributed by atoms with Crippen molar-refractivity contribution < 1.29 is 14.3 Å². The zero-order chi connectivity index (χ0) is 21.3. The molecule has 2 aromatic carbocycles. The molecule has 154 valence electrons. The number of allylic oxidation sites excluding steroid dienone is 1. The molecule has 1 unspecified atom stereocenters. The van der Waals surface area contributed by atoms with Crippen LogP contribution in [0.25, 0.3) is 0 Å². The molecule has 0 radical (unpaired) electrons. The minimum absolute atomic E-state index is 0.0121. The van der Waals surface area contributed by atoms with Gasteiger partial charge in [0.1, 0.15) is 0 Å². The first kappa shape index (κ1) is 20.6. The molecule has 2 aliphatic heterocycles. The predicted molar refractivity (Wildman–Crippen MR) is 120 cm³/mol. The predicted octanol–water partition coefficient (Wildman–Crippen LogP) is 4.69. The molecule has 1 fully saturated rings. The molecule has 0 saturated carbocycles. The van der Waals surface area contributed by atoms with Crippen molar-refractivity contribution in [3.63, 3.8) is 0 Å². The lowest BCUT2D eigenvalue weighted by molar-refractivity contribution is -0.129. The SMILES string of the molecule is COc1ccc(C2CC(=O)N3CN(c4ccc(Br)cc4)CSC3=C2C#N)cc1OC. The quantitative estimate of drug-likeness (QED) is 0.625. The van der Waals surface area contributed by atoms with E-state index in [1.165, 1.54) is 11.8 Å². The Kier molecular flexibility index (Phi) is 5.93. The van der Waals surface area contributed by atoms with Crippen LogP contribution in [0.15, 0.2) is 57.5 Å². The number of nitriles is 1. The van der Waals surface area contributed by atoms with Gasteiger partial charge in [0.25, 0.3) is 0 Å². The summed E-state index contributed by atoms with van der Waals surface area (Å²) in [6, 6.07) is 15.9. The average Bonchev–Trinajstić information content (AvgIpc) is 2.78. The molecule has 0 aromatic heterocycles. The zero-order valence-electron chi connectivity index (χ0n) is 16.6. The summed E-state index contributed by atoms with van der Waals surface area (Å²) >= 11 is 4.98. The van der Waals surface area contributed by atoms with E-state index >= 15 is 0 Å². The van der Waals surface area contributed by atoms with Crippen molar-refractivity contribution in [3.05, 3.63) is 63.1 Å². The number of halogens is 1. The van der Waals surface area contributed by atoms with Crippen LogP contribution in [0.2, 0.25) is 0 Å². The van der Waals surface area contributed by atoms with E-state index in [4.69, 9.17) is 9.47 Å². The highest BCUT2D eigenvalue weighted by Gasteiger charge is 2.38. The van der Waals surface area contributed by atoms with Crippen LogP contribution in [0.3, 0.4) is 0 Å². The van der Waals surface area contributed by atoms with Crippen molar-refractivity contribution in [3.8, 4) is 17.6 Å². The van der Waals surface area contributed by atoms with Crippen molar-refractivity contribution in [2.45, 2.75) is 12.3 Å². The normalized spacial score (nSPS) is 18.7. The summed E-state index contributed by atoms with van der Waals surface area (Å²) in [6.45, 7) is 0.437. The van der Waals surface area contributed by atoms with Gasteiger partial charge < -0.3 is 14.4 Å². The van der Waals surface area contributed by atoms with Crippen molar-refractivity contribution in [1.82, 2.24) is 4.90 Å². The van der Waals surface area contributed by atoms with Crippen LogP contribution in [-0.2, 0) is 4.79 Å². The minimum atomic E-state index is -0.291. The first-order chi connectivity index (χ1) is 14.5. The third-order valence-electron chi connectivity index (χ3n) is 5.30. The van der Waals surface area contributed by atoms with Crippen LogP contribution >= 0.6 is 27.7 Å². The zero-order valence-corrected chi connectivity index (χ0v) is 19.0. The Balaban J connectivity index is 1.66. The number of nitrogens with zero attached hydrogens (tertiary/aromatic N) is 3. The Morgan fingerprint density at radius 3 is 2.53 bits per heavy atom. The maximum atomic E-state index is 13.1. The van der Waals surface area contributed by atoms with E-state index in [9.17, 15) is 10.1 Å². The molecule has 2 aliphatic rings. The van der Waals surface area contributed by atoms with E-state index in [1.54, 1.807) is 19.1 Å². The lowest BCUT2D eigenvalue weighted by Crippen LogP contribution is -2.47. The summed E-state index contributed by atoms with van der Waals surface area (Å²) in [6.07, 6.45) is 0.247. The van der Waals surface area contributed by atoms with Crippen molar-refractivity contribution >= 4 is 39.3 Å². The number of hydrogen-bond donors (Lipinski definition) is 0. The fourth-order valence-corrected chi connectivity index (χ4v) is 5.16. The third kappa shape index (κ3) is 3.75. The van der Waals surface area contributed by atoms with Gasteiger partial charge in [0.15, 0.2) is 11.5 Å². The van der Waals surface area contributed by atoms with Crippen LogP contribution in [-0.4, -0.2) is 37.6 Å². The average molecular weight is 486 g/mol. The molecular weight excluding hydrogens is 466 g/mol. The van der Waals surface area contributed by atoms with Gasteiger partial charge in [0, 0.05) is 22.5 Å². The molecule has 1 saturated heterocycles. The second kappa shape index (κ2) is 8.62. The van der Waals surface area contributed by atoms with E-state index in [0.29, 0.717) is 29.6 Å². The molecule has 0 bridgehead atoms. The molecular formula is C22H20BrN3O3S. The number of thioether (sulfide) groups is 1. The lowest BCUT2D eigenvalue weighted by Gasteiger charge is -2.42. The first-order valence-electron chi connectivity index (χ1n) is 9.35. The smallest absolute Gasteiger partial charge is 0.229 e. The summed E-state index contributed by atoms with van der Waals surface area (Å²) in [5, 5.41) is 10.7. The standard InChI is InChI=1S/C22H20BrN3O3S/c1-28-19-8-3-14(9-20(19)29-2)17-10-21(27)26-12-25(13-30-22(26)18(17)11-24)16-6-4-15(23)5-7-16/h3-9,17H,10,12-13H2,1-2H3. The lowest BCUT2D eigenvalue weighted by atomic mass is 9.86. The van der Waals surface area contributed by atoms with Crippen LogP contribution < -0.4 is 14.4 Å². The van der Waals surface area contributed by atoms with Crippen molar-refractivity contribution in [2.24, 2.45) is 0 Å². The summed E-state index contributed by atoms with van der Waals surface area (Å²) in [4.78, 5) is 16.9. The van der Waals surface area contributed by atoms with E-state index in [-0.39, 0.29) is 18.2 Å². The molecule has 6 nitrogen and oxygen atoms in total. The number of benzene rings is 2. The van der Waals surface area contributed by atoms with Crippen molar-refractivity contribution in [1.29, 1.82) is 5.26 Å². The van der Waals surface area contributed by atoms with Gasteiger partial charge in [-0.3, -0.25) is 9.69 Å². The molecule has 0 aliphatic carbocycles. The Morgan fingerprint density at radius 1 is 1.13 bits per heavy atom. The number of hydrogen-bond acceptors (Lipinski definition) is 6. The number of methoxy groups -OCH3 is 2. The fourth-order valence-electron chi connectivity index (χ4n) is 3.73. The van der Waals surface area contributed by atoms with Gasteiger partial charge in [-0.15, -0.1) is 0 Å². The van der Waals surface area contributed by atoms with Crippen LogP contribution in [0.4, 0.5) is 5.69 Å². The van der Waals surface area contributed by atoms with Gasteiger partial charge in [0.2, 0.25) is 5.91 Å². The highest BCUT2D eigenvalue weighted by atomic mass is 79.9. The number of carbonyl (C=O) groups excluding carboxylic acids is 1. The fraction of sp³-hybridized carbons (Fsp3) is 0.273. The first-order valence-corrected chi connectivity index (χ1v) is 11.1. The number of rotatable bonds is 4. The molecule has 2 heterocycles. The van der Waals surface area contributed by atoms with E-state index in [2.05, 4.69) is 26.9 Å². The minimum Gasteiger partial charge on any atom is -0.493 e. The molecule has 30 heavy (non-hydrogen) atoms. The highest BCUT2D eigenvalue weighted by molar-refractivity contribution is 9.10. The number of anilines is 1. The second-order valence-corrected chi connectivity index (χ2v) is 8.80.